The molecule has 0 fully saturated rings. The molecule has 1 heterocycles. The van der Waals surface area contributed by atoms with Gasteiger partial charge in [0, 0.05) is 12.4 Å². The van der Waals surface area contributed by atoms with E-state index >= 15 is 0 Å². The number of alkyl halides is 3. The molecule has 0 bridgehead atoms. The van der Waals surface area contributed by atoms with Crippen LogP contribution in [0.5, 0.6) is 0 Å². The molecule has 26 heavy (non-hydrogen) atoms. The van der Waals surface area contributed by atoms with Gasteiger partial charge in [-0.2, -0.15) is 13.2 Å². The topological polar surface area (TPSA) is 82.5 Å². The molecule has 0 amide bonds. The normalized spacial score (nSPS) is 11.8. The van der Waals surface area contributed by atoms with E-state index in [0.717, 1.165) is 32.4 Å². The molecule has 1 aromatic heterocycles. The van der Waals surface area contributed by atoms with E-state index in [4.69, 9.17) is 0 Å². The third kappa shape index (κ3) is 4.41. The fourth-order valence-electron chi connectivity index (χ4n) is 2.02. The van der Waals surface area contributed by atoms with E-state index in [1.807, 2.05) is 0 Å². The molecule has 1 aromatic carbocycles. The van der Waals surface area contributed by atoms with Crippen LogP contribution in [0.15, 0.2) is 48.7 Å². The summed E-state index contributed by atoms with van der Waals surface area (Å²) in [6.45, 7) is 0. The smallest absolute Gasteiger partial charge is 0.416 e. The highest BCUT2D eigenvalue weighted by Gasteiger charge is 2.31. The van der Waals surface area contributed by atoms with Gasteiger partial charge in [0.1, 0.15) is 5.70 Å². The van der Waals surface area contributed by atoms with E-state index in [1.54, 1.807) is 0 Å². The van der Waals surface area contributed by atoms with Crippen molar-refractivity contribution in [1.82, 2.24) is 9.55 Å². The molecule has 0 unspecified atom stereocenters. The maximum absolute atomic E-state index is 13.0. The summed E-state index contributed by atoms with van der Waals surface area (Å²) in [6, 6.07) is 2.91. The van der Waals surface area contributed by atoms with Gasteiger partial charge < -0.3 is 19.4 Å². The average molecular weight is 369 g/mol. The van der Waals surface area contributed by atoms with Crippen LogP contribution < -0.4 is 5.32 Å². The number of nitrogens with zero attached hydrogens (tertiary/aromatic N) is 2. The Morgan fingerprint density at radius 3 is 2.50 bits per heavy atom. The van der Waals surface area contributed by atoms with Crippen LogP contribution in [0.2, 0.25) is 0 Å². The van der Waals surface area contributed by atoms with Crippen LogP contribution in [-0.2, 0) is 25.2 Å². The van der Waals surface area contributed by atoms with Gasteiger partial charge >= 0.3 is 18.1 Å². The van der Waals surface area contributed by atoms with E-state index in [9.17, 15) is 22.8 Å². The molecule has 2 rings (SSSR count). The lowest BCUT2D eigenvalue weighted by Crippen LogP contribution is -2.17. The van der Waals surface area contributed by atoms with Crippen LogP contribution >= 0.6 is 0 Å². The molecule has 0 radical (unpaired) electrons. The third-order valence-corrected chi connectivity index (χ3v) is 3.24. The maximum atomic E-state index is 13.0. The quantitative estimate of drug-likeness (QED) is 0.644. The highest BCUT2D eigenvalue weighted by Crippen LogP contribution is 2.34. The maximum Gasteiger partial charge on any atom is 0.416 e. The Balaban J connectivity index is 2.55. The standard InChI is InChI=1S/C16H14F3N3O4/c1-25-14(23)8-12(15(24)26-2)21-11-7-10(16(17,18)19)3-4-13(11)22-6-5-20-9-22/h3-9,21H,1-2H3/b12-8+. The van der Waals surface area contributed by atoms with Crippen molar-refractivity contribution in [2.45, 2.75) is 6.18 Å². The fourth-order valence-corrected chi connectivity index (χ4v) is 2.02. The third-order valence-electron chi connectivity index (χ3n) is 3.24. The zero-order valence-corrected chi connectivity index (χ0v) is 13.7. The Morgan fingerprint density at radius 1 is 1.23 bits per heavy atom. The van der Waals surface area contributed by atoms with Crippen LogP contribution in [0.4, 0.5) is 18.9 Å². The summed E-state index contributed by atoms with van der Waals surface area (Å²) >= 11 is 0. The molecule has 0 saturated carbocycles. The van der Waals surface area contributed by atoms with Crippen molar-refractivity contribution >= 4 is 17.6 Å². The Hall–Kier alpha value is -3.30. The highest BCUT2D eigenvalue weighted by atomic mass is 19.4. The summed E-state index contributed by atoms with van der Waals surface area (Å²) in [5.41, 5.74) is -1.14. The van der Waals surface area contributed by atoms with Crippen molar-refractivity contribution in [3.05, 3.63) is 54.3 Å². The molecule has 0 atom stereocenters. The number of rotatable bonds is 5. The predicted molar refractivity (Wildman–Crippen MR) is 84.3 cm³/mol. The molecule has 138 valence electrons. The van der Waals surface area contributed by atoms with Crippen LogP contribution in [0.3, 0.4) is 0 Å². The minimum Gasteiger partial charge on any atom is -0.466 e. The van der Waals surface area contributed by atoms with Gasteiger partial charge in [0.25, 0.3) is 0 Å². The number of hydrogen-bond acceptors (Lipinski definition) is 6. The summed E-state index contributed by atoms with van der Waals surface area (Å²) < 4.78 is 49.5. The number of methoxy groups -OCH3 is 2. The Bertz CT molecular complexity index is 830. The van der Waals surface area contributed by atoms with E-state index in [1.165, 1.54) is 29.4 Å². The summed E-state index contributed by atoms with van der Waals surface area (Å²) in [6.07, 6.45) is 0.503. The van der Waals surface area contributed by atoms with Crippen LogP contribution in [0.1, 0.15) is 5.56 Å². The first-order valence-electron chi connectivity index (χ1n) is 7.11. The van der Waals surface area contributed by atoms with Crippen molar-refractivity contribution in [1.29, 1.82) is 0 Å². The van der Waals surface area contributed by atoms with Gasteiger partial charge in [-0.25, -0.2) is 14.6 Å². The second-order valence-corrected chi connectivity index (χ2v) is 4.90. The van der Waals surface area contributed by atoms with Gasteiger partial charge in [-0.05, 0) is 18.2 Å². The lowest BCUT2D eigenvalue weighted by atomic mass is 10.1. The first kappa shape index (κ1) is 19.0. The van der Waals surface area contributed by atoms with E-state index < -0.39 is 23.7 Å². The molecule has 0 saturated heterocycles. The van der Waals surface area contributed by atoms with Crippen molar-refractivity contribution in [2.75, 3.05) is 19.5 Å². The molecule has 2 aromatic rings. The second kappa shape index (κ2) is 7.72. The molecule has 1 N–H and O–H groups in total. The SMILES string of the molecule is COC(=O)/C=C(/Nc1cc(C(F)(F)F)ccc1-n1ccnc1)C(=O)OC. The Kier molecular flexibility index (Phi) is 5.65. The van der Waals surface area contributed by atoms with Gasteiger partial charge in [-0.3, -0.25) is 0 Å². The van der Waals surface area contributed by atoms with Crippen molar-refractivity contribution < 1.29 is 32.2 Å². The monoisotopic (exact) mass is 369 g/mol. The number of anilines is 1. The van der Waals surface area contributed by atoms with Crippen LogP contribution in [0.25, 0.3) is 5.69 Å². The number of benzene rings is 1. The van der Waals surface area contributed by atoms with Gasteiger partial charge in [0.15, 0.2) is 0 Å². The molecular formula is C16H14F3N3O4. The number of carbonyl (C=O) groups excluding carboxylic acids is 2. The average Bonchev–Trinajstić information content (AvgIpc) is 3.13. The first-order valence-corrected chi connectivity index (χ1v) is 7.11. The number of ether oxygens (including phenoxy) is 2. The molecule has 10 heteroatoms. The van der Waals surface area contributed by atoms with E-state index in [2.05, 4.69) is 19.8 Å². The minimum absolute atomic E-state index is 0.0848. The largest absolute Gasteiger partial charge is 0.466 e. The molecule has 0 aliphatic rings. The summed E-state index contributed by atoms with van der Waals surface area (Å²) in [4.78, 5) is 27.1. The fraction of sp³-hybridized carbons (Fsp3) is 0.188. The highest BCUT2D eigenvalue weighted by molar-refractivity contribution is 5.99. The second-order valence-electron chi connectivity index (χ2n) is 4.90. The zero-order chi connectivity index (χ0) is 19.3. The predicted octanol–water partition coefficient (Wildman–Crippen LogP) is 2.53. The van der Waals surface area contributed by atoms with Crippen LogP contribution in [0, 0.1) is 0 Å². The molecule has 0 spiro atoms. The van der Waals surface area contributed by atoms with Crippen LogP contribution in [-0.4, -0.2) is 35.7 Å². The lowest BCUT2D eigenvalue weighted by molar-refractivity contribution is -0.138. The minimum atomic E-state index is -4.60. The summed E-state index contributed by atoms with van der Waals surface area (Å²) in [5, 5.41) is 2.50. The van der Waals surface area contributed by atoms with Gasteiger partial charge in [0.05, 0.1) is 43.6 Å². The summed E-state index contributed by atoms with van der Waals surface area (Å²) in [7, 11) is 2.16. The number of halogens is 3. The Morgan fingerprint density at radius 2 is 1.96 bits per heavy atom. The number of carbonyl (C=O) groups is 2. The zero-order valence-electron chi connectivity index (χ0n) is 13.7. The number of esters is 2. The molecule has 0 aliphatic heterocycles. The summed E-state index contributed by atoms with van der Waals surface area (Å²) in [5.74, 6) is -1.83. The van der Waals surface area contributed by atoms with Crippen molar-refractivity contribution in [2.24, 2.45) is 0 Å². The number of aromatic nitrogens is 2. The van der Waals surface area contributed by atoms with Gasteiger partial charge in [-0.15, -0.1) is 0 Å². The van der Waals surface area contributed by atoms with Crippen molar-refractivity contribution in [3.8, 4) is 5.69 Å². The van der Waals surface area contributed by atoms with E-state index in [-0.39, 0.29) is 17.1 Å². The van der Waals surface area contributed by atoms with Crippen molar-refractivity contribution in [3.63, 3.8) is 0 Å². The van der Waals surface area contributed by atoms with E-state index in [0.29, 0.717) is 0 Å². The number of hydrogen-bond donors (Lipinski definition) is 1. The first-order chi connectivity index (χ1) is 12.3. The molecular weight excluding hydrogens is 355 g/mol. The lowest BCUT2D eigenvalue weighted by Gasteiger charge is -2.16. The van der Waals surface area contributed by atoms with Gasteiger partial charge in [-0.1, -0.05) is 0 Å². The number of imidazole rings is 1. The molecule has 7 nitrogen and oxygen atoms in total. The van der Waals surface area contributed by atoms with Gasteiger partial charge in [0.2, 0.25) is 0 Å². The molecule has 0 aliphatic carbocycles. The number of nitrogens with one attached hydrogen (secondary N) is 1. The Labute approximate surface area is 146 Å².